The van der Waals surface area contributed by atoms with Gasteiger partial charge in [-0.05, 0) is 47.7 Å². The van der Waals surface area contributed by atoms with Gasteiger partial charge in [-0.3, -0.25) is 9.59 Å². The molecule has 0 heterocycles. The maximum absolute atomic E-state index is 13.0. The van der Waals surface area contributed by atoms with E-state index in [1.54, 1.807) is 0 Å². The molecule has 0 aliphatic heterocycles. The Bertz CT molecular complexity index is 726. The molecule has 1 amide bonds. The number of aliphatic carboxylic acids is 1. The third kappa shape index (κ3) is 5.14. The van der Waals surface area contributed by atoms with Crippen molar-refractivity contribution in [2.45, 2.75) is 38.5 Å². The van der Waals surface area contributed by atoms with Gasteiger partial charge in [-0.1, -0.05) is 38.1 Å². The van der Waals surface area contributed by atoms with Crippen molar-refractivity contribution in [1.29, 1.82) is 0 Å². The predicted octanol–water partition coefficient (Wildman–Crippen LogP) is 4.54. The number of carboxylic acids is 1. The fourth-order valence-corrected chi connectivity index (χ4v) is 2.57. The topological polar surface area (TPSA) is 66.4 Å². The Morgan fingerprint density at radius 2 is 1.60 bits per heavy atom. The summed E-state index contributed by atoms with van der Waals surface area (Å²) >= 11 is 0. The molecule has 0 spiro atoms. The number of carbonyl (C=O) groups excluding carboxylic acids is 1. The molecule has 0 radical (unpaired) electrons. The lowest BCUT2D eigenvalue weighted by atomic mass is 9.95. The summed E-state index contributed by atoms with van der Waals surface area (Å²) < 4.78 is 13.0. The second-order valence-corrected chi connectivity index (χ2v) is 6.13. The van der Waals surface area contributed by atoms with Crippen molar-refractivity contribution in [1.82, 2.24) is 0 Å². The number of halogens is 1. The van der Waals surface area contributed by atoms with Crippen LogP contribution in [0, 0.1) is 5.82 Å². The smallest absolute Gasteiger partial charge is 0.311 e. The van der Waals surface area contributed by atoms with E-state index in [1.165, 1.54) is 29.8 Å². The summed E-state index contributed by atoms with van der Waals surface area (Å²) in [5.41, 5.74) is 2.21. The first-order chi connectivity index (χ1) is 11.9. The van der Waals surface area contributed by atoms with Gasteiger partial charge in [0, 0.05) is 12.1 Å². The highest BCUT2D eigenvalue weighted by atomic mass is 19.1. The highest BCUT2D eigenvalue weighted by Crippen LogP contribution is 2.23. The van der Waals surface area contributed by atoms with Crippen LogP contribution in [0.25, 0.3) is 0 Å². The number of nitrogens with one attached hydrogen (secondary N) is 1. The van der Waals surface area contributed by atoms with E-state index in [2.05, 4.69) is 19.2 Å². The molecule has 0 fully saturated rings. The van der Waals surface area contributed by atoms with Gasteiger partial charge in [0.15, 0.2) is 0 Å². The van der Waals surface area contributed by atoms with E-state index in [0.717, 1.165) is 6.42 Å². The van der Waals surface area contributed by atoms with Crippen molar-refractivity contribution in [3.8, 4) is 0 Å². The standard InChI is InChI=1S/C20H22FNO3/c1-3-13(2)14-6-10-17(11-7-14)22-19(23)12-18(20(24)25)15-4-8-16(21)9-5-15/h4-11,13,18H,3,12H2,1-2H3,(H,22,23)(H,24,25)/t13-,18+/m1/s1. The van der Waals surface area contributed by atoms with Gasteiger partial charge in [0.05, 0.1) is 5.92 Å². The molecule has 2 rings (SSSR count). The van der Waals surface area contributed by atoms with E-state index >= 15 is 0 Å². The Labute approximate surface area is 146 Å². The molecule has 0 saturated heterocycles. The van der Waals surface area contributed by atoms with Crippen LogP contribution >= 0.6 is 0 Å². The Balaban J connectivity index is 2.04. The van der Waals surface area contributed by atoms with Crippen molar-refractivity contribution < 1.29 is 19.1 Å². The summed E-state index contributed by atoms with van der Waals surface area (Å²) in [4.78, 5) is 23.6. The summed E-state index contributed by atoms with van der Waals surface area (Å²) in [6.45, 7) is 4.25. The first kappa shape index (κ1) is 18.6. The molecule has 2 atom stereocenters. The third-order valence-corrected chi connectivity index (χ3v) is 4.34. The number of carbonyl (C=O) groups is 2. The first-order valence-electron chi connectivity index (χ1n) is 8.28. The first-order valence-corrected chi connectivity index (χ1v) is 8.28. The van der Waals surface area contributed by atoms with Crippen LogP contribution < -0.4 is 5.32 Å². The molecule has 2 aromatic rings. The zero-order chi connectivity index (χ0) is 18.4. The second-order valence-electron chi connectivity index (χ2n) is 6.13. The second kappa shape index (κ2) is 8.42. The summed E-state index contributed by atoms with van der Waals surface area (Å²) in [5.74, 6) is -2.53. The Morgan fingerprint density at radius 3 is 2.12 bits per heavy atom. The minimum Gasteiger partial charge on any atom is -0.481 e. The van der Waals surface area contributed by atoms with Gasteiger partial charge in [-0.2, -0.15) is 0 Å². The monoisotopic (exact) mass is 343 g/mol. The van der Waals surface area contributed by atoms with Crippen LogP contribution in [0.4, 0.5) is 10.1 Å². The van der Waals surface area contributed by atoms with Gasteiger partial charge in [0.1, 0.15) is 5.82 Å². The van der Waals surface area contributed by atoms with Crippen LogP contribution in [0.1, 0.15) is 49.7 Å². The number of carboxylic acid groups (broad SMARTS) is 1. The molecule has 0 bridgehead atoms. The SMILES string of the molecule is CC[C@@H](C)c1ccc(NC(=O)C[C@H](C(=O)O)c2ccc(F)cc2)cc1. The molecule has 25 heavy (non-hydrogen) atoms. The Kier molecular flexibility index (Phi) is 6.28. The number of hydrogen-bond acceptors (Lipinski definition) is 2. The lowest BCUT2D eigenvalue weighted by Crippen LogP contribution is -2.21. The Morgan fingerprint density at radius 1 is 1.04 bits per heavy atom. The van der Waals surface area contributed by atoms with Crippen LogP contribution in [-0.4, -0.2) is 17.0 Å². The van der Waals surface area contributed by atoms with Crippen LogP contribution in [0.15, 0.2) is 48.5 Å². The van der Waals surface area contributed by atoms with Crippen molar-refractivity contribution in [3.05, 3.63) is 65.5 Å². The molecule has 2 N–H and O–H groups in total. The maximum atomic E-state index is 13.0. The highest BCUT2D eigenvalue weighted by molar-refractivity contribution is 5.94. The lowest BCUT2D eigenvalue weighted by Gasteiger charge is -2.14. The molecular formula is C20H22FNO3. The van der Waals surface area contributed by atoms with E-state index in [4.69, 9.17) is 0 Å². The molecule has 0 saturated carbocycles. The van der Waals surface area contributed by atoms with E-state index < -0.39 is 23.6 Å². The van der Waals surface area contributed by atoms with Gasteiger partial charge in [-0.25, -0.2) is 4.39 Å². The molecule has 0 aliphatic carbocycles. The Hall–Kier alpha value is -2.69. The van der Waals surface area contributed by atoms with Gasteiger partial charge in [0.2, 0.25) is 5.91 Å². The quantitative estimate of drug-likeness (QED) is 0.776. The van der Waals surface area contributed by atoms with Gasteiger partial charge < -0.3 is 10.4 Å². The minimum absolute atomic E-state index is 0.214. The predicted molar refractivity (Wildman–Crippen MR) is 95.2 cm³/mol. The molecular weight excluding hydrogens is 321 g/mol. The van der Waals surface area contributed by atoms with E-state index in [-0.39, 0.29) is 6.42 Å². The van der Waals surface area contributed by atoms with Crippen molar-refractivity contribution >= 4 is 17.6 Å². The summed E-state index contributed by atoms with van der Waals surface area (Å²) in [7, 11) is 0. The van der Waals surface area contributed by atoms with Crippen LogP contribution in [0.2, 0.25) is 0 Å². The van der Waals surface area contributed by atoms with Gasteiger partial charge >= 0.3 is 5.97 Å². The normalized spacial score (nSPS) is 13.1. The molecule has 0 unspecified atom stereocenters. The summed E-state index contributed by atoms with van der Waals surface area (Å²) in [5, 5.41) is 12.1. The molecule has 2 aromatic carbocycles. The van der Waals surface area contributed by atoms with E-state index in [1.807, 2.05) is 24.3 Å². The van der Waals surface area contributed by atoms with Crippen LogP contribution in [0.3, 0.4) is 0 Å². The fourth-order valence-electron chi connectivity index (χ4n) is 2.57. The number of hydrogen-bond donors (Lipinski definition) is 2. The number of amides is 1. The van der Waals surface area contributed by atoms with Crippen LogP contribution in [-0.2, 0) is 9.59 Å². The highest BCUT2D eigenvalue weighted by Gasteiger charge is 2.23. The zero-order valence-corrected chi connectivity index (χ0v) is 14.3. The average Bonchev–Trinajstić information content (AvgIpc) is 2.60. The average molecular weight is 343 g/mol. The maximum Gasteiger partial charge on any atom is 0.311 e. The number of rotatable bonds is 7. The van der Waals surface area contributed by atoms with Gasteiger partial charge in [0.25, 0.3) is 0 Å². The molecule has 0 aromatic heterocycles. The molecule has 5 heteroatoms. The van der Waals surface area contributed by atoms with Crippen molar-refractivity contribution in [3.63, 3.8) is 0 Å². The summed E-state index contributed by atoms with van der Waals surface area (Å²) in [6.07, 6.45) is 0.817. The number of benzene rings is 2. The largest absolute Gasteiger partial charge is 0.481 e. The van der Waals surface area contributed by atoms with E-state index in [9.17, 15) is 19.1 Å². The van der Waals surface area contributed by atoms with Gasteiger partial charge in [-0.15, -0.1) is 0 Å². The molecule has 4 nitrogen and oxygen atoms in total. The zero-order valence-electron chi connectivity index (χ0n) is 14.3. The fraction of sp³-hybridized carbons (Fsp3) is 0.300. The third-order valence-electron chi connectivity index (χ3n) is 4.34. The molecule has 132 valence electrons. The lowest BCUT2D eigenvalue weighted by molar-refractivity contribution is -0.140. The van der Waals surface area contributed by atoms with Crippen molar-refractivity contribution in [2.24, 2.45) is 0 Å². The minimum atomic E-state index is -1.12. The summed E-state index contributed by atoms with van der Waals surface area (Å²) in [6, 6.07) is 12.7. The van der Waals surface area contributed by atoms with Crippen molar-refractivity contribution in [2.75, 3.05) is 5.32 Å². The van der Waals surface area contributed by atoms with Crippen LogP contribution in [0.5, 0.6) is 0 Å². The number of anilines is 1. The molecule has 0 aliphatic rings. The van der Waals surface area contributed by atoms with E-state index in [0.29, 0.717) is 17.2 Å².